The third-order valence-corrected chi connectivity index (χ3v) is 3.47. The molecule has 0 radical (unpaired) electrons. The third-order valence-electron chi connectivity index (χ3n) is 3.47. The van der Waals surface area contributed by atoms with E-state index in [-0.39, 0.29) is 48.1 Å². The first kappa shape index (κ1) is 32.5. The van der Waals surface area contributed by atoms with Gasteiger partial charge < -0.3 is 19.7 Å². The predicted octanol–water partition coefficient (Wildman–Crippen LogP) is 6.08. The molecule has 0 aliphatic carbocycles. The van der Waals surface area contributed by atoms with Gasteiger partial charge in [-0.3, -0.25) is 0 Å². The zero-order chi connectivity index (χ0) is 22.1. The molecule has 4 heteroatoms. The molecule has 0 aliphatic rings. The first-order valence-corrected chi connectivity index (χ1v) is 10.3. The van der Waals surface area contributed by atoms with Crippen molar-refractivity contribution in [2.24, 2.45) is 16.7 Å². The molecule has 0 bridgehead atoms. The zero-order valence-electron chi connectivity index (χ0n) is 20.4. The summed E-state index contributed by atoms with van der Waals surface area (Å²) in [4.78, 5) is 0. The molecule has 28 heavy (non-hydrogen) atoms. The predicted molar refractivity (Wildman–Crippen MR) is 123 cm³/mol. The lowest BCUT2D eigenvalue weighted by molar-refractivity contribution is -0.0575. The van der Waals surface area contributed by atoms with Gasteiger partial charge in [0.25, 0.3) is 0 Å². The molecule has 0 spiro atoms. The van der Waals surface area contributed by atoms with Crippen molar-refractivity contribution < 1.29 is 19.7 Å². The summed E-state index contributed by atoms with van der Waals surface area (Å²) in [7, 11) is 0. The minimum Gasteiger partial charge on any atom is -0.396 e. The van der Waals surface area contributed by atoms with E-state index >= 15 is 0 Å². The van der Waals surface area contributed by atoms with Gasteiger partial charge in [0, 0.05) is 12.5 Å². The molecule has 0 saturated heterocycles. The Hall–Kier alpha value is -0.160. The maximum absolute atomic E-state index is 9.62. The first-order valence-electron chi connectivity index (χ1n) is 10.3. The lowest BCUT2D eigenvalue weighted by Gasteiger charge is -2.28. The van der Waals surface area contributed by atoms with Crippen molar-refractivity contribution >= 4 is 0 Å². The van der Waals surface area contributed by atoms with E-state index in [1.54, 1.807) is 0 Å². The molecule has 0 heterocycles. The van der Waals surface area contributed by atoms with Gasteiger partial charge >= 0.3 is 0 Å². The van der Waals surface area contributed by atoms with Crippen LogP contribution >= 0.6 is 0 Å². The van der Waals surface area contributed by atoms with E-state index < -0.39 is 0 Å². The van der Waals surface area contributed by atoms with Crippen LogP contribution in [-0.2, 0) is 9.47 Å². The van der Waals surface area contributed by atoms with E-state index in [1.807, 2.05) is 41.5 Å². The van der Waals surface area contributed by atoms with E-state index in [0.29, 0.717) is 13.2 Å². The fourth-order valence-corrected chi connectivity index (χ4v) is 2.52. The van der Waals surface area contributed by atoms with Crippen molar-refractivity contribution in [2.75, 3.05) is 19.8 Å². The number of aliphatic hydroxyl groups is 2. The summed E-state index contributed by atoms with van der Waals surface area (Å²) in [6.45, 7) is 26.3. The Morgan fingerprint density at radius 2 is 1.00 bits per heavy atom. The number of hydrogen-bond donors (Lipinski definition) is 2. The zero-order valence-corrected chi connectivity index (χ0v) is 20.4. The summed E-state index contributed by atoms with van der Waals surface area (Å²) in [5, 5.41) is 18.8. The van der Waals surface area contributed by atoms with Crippen LogP contribution in [0, 0.1) is 16.7 Å². The summed E-state index contributed by atoms with van der Waals surface area (Å²) in [6.07, 6.45) is 1.43. The summed E-state index contributed by atoms with van der Waals surface area (Å²) in [6, 6.07) is 0. The minimum atomic E-state index is -0.348. The van der Waals surface area contributed by atoms with E-state index in [0.717, 1.165) is 12.8 Å². The second-order valence-corrected chi connectivity index (χ2v) is 12.1. The Morgan fingerprint density at radius 3 is 1.29 bits per heavy atom. The molecule has 0 saturated carbocycles. The summed E-state index contributed by atoms with van der Waals surface area (Å²) in [5.74, 6) is 0.259. The summed E-state index contributed by atoms with van der Waals surface area (Å²) in [5.41, 5.74) is 0.166. The Labute approximate surface area is 177 Å². The second-order valence-electron chi connectivity index (χ2n) is 12.1. The average molecular weight is 407 g/mol. The van der Waals surface area contributed by atoms with E-state index in [2.05, 4.69) is 41.5 Å². The molecule has 2 unspecified atom stereocenters. The first-order chi connectivity index (χ1) is 11.7. The lowest BCUT2D eigenvalue weighted by Crippen LogP contribution is -2.28. The Bertz CT molecular complexity index is 364. The number of hydrogen-bond acceptors (Lipinski definition) is 4. The molecule has 0 amide bonds. The maximum atomic E-state index is 9.62. The fraction of sp³-hybridized carbons (Fsp3) is 1.00. The van der Waals surface area contributed by atoms with Gasteiger partial charge in [-0.1, -0.05) is 49.0 Å². The Balaban J connectivity index is -0.000000432. The third kappa shape index (κ3) is 28.1. The Morgan fingerprint density at radius 1 is 0.643 bits per heavy atom. The molecule has 0 rings (SSSR count). The highest BCUT2D eigenvalue weighted by molar-refractivity contribution is 4.70. The van der Waals surface area contributed by atoms with Crippen LogP contribution in [0.2, 0.25) is 0 Å². The molecule has 0 aliphatic heterocycles. The van der Waals surface area contributed by atoms with Gasteiger partial charge in [-0.15, -0.1) is 0 Å². The quantitative estimate of drug-likeness (QED) is 0.538. The van der Waals surface area contributed by atoms with Crippen LogP contribution in [0.1, 0.15) is 103 Å². The second kappa shape index (κ2) is 13.2. The van der Waals surface area contributed by atoms with Crippen molar-refractivity contribution in [2.45, 2.75) is 121 Å². The van der Waals surface area contributed by atoms with Crippen molar-refractivity contribution in [1.82, 2.24) is 0 Å². The minimum absolute atomic E-state index is 0. The van der Waals surface area contributed by atoms with Crippen molar-refractivity contribution in [3.8, 4) is 0 Å². The molecule has 2 atom stereocenters. The SMILES string of the molecule is C.CC(C)(C)CC(CO)COC(C)(C)C.CC(C)(C)CC(O)COC(C)(C)C. The highest BCUT2D eigenvalue weighted by atomic mass is 16.5. The van der Waals surface area contributed by atoms with Gasteiger partial charge in [0.05, 0.1) is 30.5 Å². The van der Waals surface area contributed by atoms with Crippen LogP contribution < -0.4 is 0 Å². The van der Waals surface area contributed by atoms with Crippen LogP contribution in [0.4, 0.5) is 0 Å². The van der Waals surface area contributed by atoms with Crippen molar-refractivity contribution in [3.63, 3.8) is 0 Å². The van der Waals surface area contributed by atoms with Gasteiger partial charge in [0.2, 0.25) is 0 Å². The van der Waals surface area contributed by atoms with Crippen LogP contribution in [0.3, 0.4) is 0 Å². The summed E-state index contributed by atoms with van der Waals surface area (Å²) < 4.78 is 11.2. The van der Waals surface area contributed by atoms with Crippen LogP contribution in [0.25, 0.3) is 0 Å². The van der Waals surface area contributed by atoms with Crippen LogP contribution in [0.15, 0.2) is 0 Å². The molecular weight excluding hydrogens is 352 g/mol. The number of aliphatic hydroxyl groups excluding tert-OH is 2. The molecule has 0 aromatic rings. The Kier molecular flexibility index (Phi) is 15.3. The van der Waals surface area contributed by atoms with Gasteiger partial charge in [0.1, 0.15) is 0 Å². The van der Waals surface area contributed by atoms with Gasteiger partial charge in [-0.2, -0.15) is 0 Å². The lowest BCUT2D eigenvalue weighted by atomic mass is 9.85. The molecule has 4 nitrogen and oxygen atoms in total. The van der Waals surface area contributed by atoms with E-state index in [4.69, 9.17) is 9.47 Å². The van der Waals surface area contributed by atoms with E-state index in [1.165, 1.54) is 0 Å². The largest absolute Gasteiger partial charge is 0.396 e. The highest BCUT2D eigenvalue weighted by Crippen LogP contribution is 2.25. The maximum Gasteiger partial charge on any atom is 0.0778 e. The molecule has 0 fully saturated rings. The average Bonchev–Trinajstić information content (AvgIpc) is 2.37. The highest BCUT2D eigenvalue weighted by Gasteiger charge is 2.21. The molecule has 174 valence electrons. The summed E-state index contributed by atoms with van der Waals surface area (Å²) >= 11 is 0. The van der Waals surface area contributed by atoms with Gasteiger partial charge in [-0.25, -0.2) is 0 Å². The van der Waals surface area contributed by atoms with Gasteiger partial charge in [0.15, 0.2) is 0 Å². The molecule has 0 aromatic heterocycles. The van der Waals surface area contributed by atoms with Crippen LogP contribution in [-0.4, -0.2) is 47.3 Å². The number of ether oxygens (including phenoxy) is 2. The van der Waals surface area contributed by atoms with Gasteiger partial charge in [-0.05, 0) is 65.2 Å². The van der Waals surface area contributed by atoms with Crippen LogP contribution in [0.5, 0.6) is 0 Å². The fourth-order valence-electron chi connectivity index (χ4n) is 2.52. The normalized spacial score (nSPS) is 15.2. The topological polar surface area (TPSA) is 58.9 Å². The molecular formula is C24H54O4. The monoisotopic (exact) mass is 406 g/mol. The molecule has 0 aromatic carbocycles. The van der Waals surface area contributed by atoms with Crippen molar-refractivity contribution in [3.05, 3.63) is 0 Å². The smallest absolute Gasteiger partial charge is 0.0778 e. The van der Waals surface area contributed by atoms with Crippen molar-refractivity contribution in [1.29, 1.82) is 0 Å². The number of rotatable bonds is 7. The standard InChI is InChI=1S/C12H26O2.C11H24O2.CH4/c1-11(2,3)7-10(8-13)9-14-12(4,5)6;1-10(2,3)7-9(12)8-13-11(4,5)6;/h10,13H,7-9H2,1-6H3;9,12H,7-8H2,1-6H3;1H4. The molecule has 2 N–H and O–H groups in total. The van der Waals surface area contributed by atoms with E-state index in [9.17, 15) is 10.2 Å².